The highest BCUT2D eigenvalue weighted by molar-refractivity contribution is 5.92. The van der Waals surface area contributed by atoms with E-state index in [4.69, 9.17) is 9.15 Å². The van der Waals surface area contributed by atoms with Crippen molar-refractivity contribution in [1.29, 1.82) is 0 Å². The quantitative estimate of drug-likeness (QED) is 0.430. The van der Waals surface area contributed by atoms with E-state index in [9.17, 15) is 4.79 Å². The fourth-order valence-electron chi connectivity index (χ4n) is 3.03. The van der Waals surface area contributed by atoms with E-state index in [1.54, 1.807) is 12.1 Å². The Hall–Kier alpha value is -3.93. The van der Waals surface area contributed by atoms with E-state index >= 15 is 0 Å². The second-order valence-electron chi connectivity index (χ2n) is 7.42. The molecule has 0 aliphatic heterocycles. The lowest BCUT2D eigenvalue weighted by molar-refractivity contribution is -0.118. The van der Waals surface area contributed by atoms with Gasteiger partial charge in [0.25, 0.3) is 5.91 Å². The molecule has 1 aromatic heterocycles. The Morgan fingerprint density at radius 1 is 0.871 bits per heavy atom. The van der Waals surface area contributed by atoms with Crippen LogP contribution < -0.4 is 10.1 Å². The molecule has 0 spiro atoms. The van der Waals surface area contributed by atoms with Crippen LogP contribution in [0.25, 0.3) is 22.9 Å². The number of benzene rings is 3. The molecule has 0 fully saturated rings. The van der Waals surface area contributed by atoms with Crippen LogP contribution in [0.4, 0.5) is 5.69 Å². The van der Waals surface area contributed by atoms with Crippen molar-refractivity contribution in [3.63, 3.8) is 0 Å². The van der Waals surface area contributed by atoms with Gasteiger partial charge in [-0.25, -0.2) is 0 Å². The van der Waals surface area contributed by atoms with Crippen LogP contribution in [0, 0.1) is 0 Å². The van der Waals surface area contributed by atoms with Crippen molar-refractivity contribution >= 4 is 11.6 Å². The van der Waals surface area contributed by atoms with Gasteiger partial charge in [-0.2, -0.15) is 0 Å². The van der Waals surface area contributed by atoms with Crippen LogP contribution in [-0.2, 0) is 4.79 Å². The summed E-state index contributed by atoms with van der Waals surface area (Å²) in [6.45, 7) is 4.21. The lowest BCUT2D eigenvalue weighted by atomic mass is 10.0. The van der Waals surface area contributed by atoms with Crippen LogP contribution in [0.15, 0.2) is 83.3 Å². The molecule has 0 saturated heterocycles. The maximum absolute atomic E-state index is 12.2. The molecular weight excluding hydrogens is 390 g/mol. The summed E-state index contributed by atoms with van der Waals surface area (Å²) in [7, 11) is 0. The Morgan fingerprint density at radius 2 is 1.48 bits per heavy atom. The van der Waals surface area contributed by atoms with Gasteiger partial charge < -0.3 is 14.5 Å². The smallest absolute Gasteiger partial charge is 0.262 e. The first-order valence-corrected chi connectivity index (χ1v) is 10.1. The number of hydrogen-bond acceptors (Lipinski definition) is 5. The Bertz CT molecular complexity index is 1130. The van der Waals surface area contributed by atoms with Gasteiger partial charge in [-0.15, -0.1) is 10.2 Å². The lowest BCUT2D eigenvalue weighted by Crippen LogP contribution is -2.20. The predicted molar refractivity (Wildman–Crippen MR) is 120 cm³/mol. The minimum absolute atomic E-state index is 0.0626. The zero-order chi connectivity index (χ0) is 21.6. The van der Waals surface area contributed by atoms with E-state index in [-0.39, 0.29) is 12.5 Å². The van der Waals surface area contributed by atoms with Crippen LogP contribution in [0.3, 0.4) is 0 Å². The highest BCUT2D eigenvalue weighted by Crippen LogP contribution is 2.25. The van der Waals surface area contributed by atoms with Gasteiger partial charge >= 0.3 is 0 Å². The van der Waals surface area contributed by atoms with Crippen LogP contribution in [-0.4, -0.2) is 22.7 Å². The van der Waals surface area contributed by atoms with Gasteiger partial charge in [0.05, 0.1) is 0 Å². The van der Waals surface area contributed by atoms with E-state index in [1.807, 2.05) is 66.7 Å². The molecule has 0 aliphatic carbocycles. The van der Waals surface area contributed by atoms with Crippen molar-refractivity contribution in [1.82, 2.24) is 10.2 Å². The van der Waals surface area contributed by atoms with Gasteiger partial charge in [-0.05, 0) is 60.0 Å². The molecular formula is C25H23N3O3. The van der Waals surface area contributed by atoms with E-state index in [1.165, 1.54) is 5.56 Å². The predicted octanol–water partition coefficient (Wildman–Crippen LogP) is 5.54. The number of anilines is 1. The molecule has 1 heterocycles. The molecule has 31 heavy (non-hydrogen) atoms. The molecule has 0 radical (unpaired) electrons. The van der Waals surface area contributed by atoms with Gasteiger partial charge in [0.15, 0.2) is 6.61 Å². The molecule has 4 aromatic rings. The number of nitrogens with zero attached hydrogens (tertiary/aromatic N) is 2. The number of nitrogens with one attached hydrogen (secondary N) is 1. The standard InChI is InChI=1S/C25H23N3O3/c1-17(2)18-10-14-22(15-11-18)30-16-23(29)26-21-12-8-20(9-13-21)25-28-27-24(31-25)19-6-4-3-5-7-19/h3-15,17H,16H2,1-2H3,(H,26,29). The Balaban J connectivity index is 1.33. The third kappa shape index (κ3) is 5.17. The first-order valence-electron chi connectivity index (χ1n) is 10.1. The fourth-order valence-corrected chi connectivity index (χ4v) is 3.03. The maximum atomic E-state index is 12.2. The van der Waals surface area contributed by atoms with Gasteiger partial charge in [0.2, 0.25) is 11.8 Å². The van der Waals surface area contributed by atoms with E-state index in [2.05, 4.69) is 29.4 Å². The summed E-state index contributed by atoms with van der Waals surface area (Å²) >= 11 is 0. The summed E-state index contributed by atoms with van der Waals surface area (Å²) in [5, 5.41) is 11.0. The van der Waals surface area contributed by atoms with Crippen molar-refractivity contribution in [2.75, 3.05) is 11.9 Å². The maximum Gasteiger partial charge on any atom is 0.262 e. The summed E-state index contributed by atoms with van der Waals surface area (Å²) in [6, 6.07) is 24.6. The number of rotatable bonds is 7. The molecule has 0 bridgehead atoms. The summed E-state index contributed by atoms with van der Waals surface area (Å²) in [5.41, 5.74) is 3.53. The number of aromatic nitrogens is 2. The molecule has 0 unspecified atom stereocenters. The molecule has 0 aliphatic rings. The third-order valence-corrected chi connectivity index (χ3v) is 4.78. The number of carbonyl (C=O) groups excluding carboxylic acids is 1. The summed E-state index contributed by atoms with van der Waals surface area (Å²) < 4.78 is 11.3. The lowest BCUT2D eigenvalue weighted by Gasteiger charge is -2.09. The largest absolute Gasteiger partial charge is 0.484 e. The average Bonchev–Trinajstić information content (AvgIpc) is 3.29. The molecule has 0 saturated carbocycles. The van der Waals surface area contributed by atoms with Crippen molar-refractivity contribution in [3.8, 4) is 28.7 Å². The van der Waals surface area contributed by atoms with Gasteiger partial charge in [-0.3, -0.25) is 4.79 Å². The molecule has 6 heteroatoms. The molecule has 1 N–H and O–H groups in total. The van der Waals surface area contributed by atoms with Crippen LogP contribution >= 0.6 is 0 Å². The van der Waals surface area contributed by atoms with Crippen molar-refractivity contribution in [3.05, 3.63) is 84.4 Å². The summed E-state index contributed by atoms with van der Waals surface area (Å²) in [6.07, 6.45) is 0. The zero-order valence-corrected chi connectivity index (χ0v) is 17.4. The number of ether oxygens (including phenoxy) is 1. The second-order valence-corrected chi connectivity index (χ2v) is 7.42. The molecule has 1 amide bonds. The fraction of sp³-hybridized carbons (Fsp3) is 0.160. The molecule has 3 aromatic carbocycles. The van der Waals surface area contributed by atoms with Crippen LogP contribution in [0.5, 0.6) is 5.75 Å². The number of carbonyl (C=O) groups is 1. The van der Waals surface area contributed by atoms with Gasteiger partial charge in [-0.1, -0.05) is 44.2 Å². The van der Waals surface area contributed by atoms with Gasteiger partial charge in [0.1, 0.15) is 5.75 Å². The molecule has 156 valence electrons. The zero-order valence-electron chi connectivity index (χ0n) is 17.4. The Labute approximate surface area is 180 Å². The minimum atomic E-state index is -0.232. The van der Waals surface area contributed by atoms with Crippen molar-refractivity contribution < 1.29 is 13.9 Å². The average molecular weight is 413 g/mol. The van der Waals surface area contributed by atoms with Crippen molar-refractivity contribution in [2.24, 2.45) is 0 Å². The van der Waals surface area contributed by atoms with E-state index in [0.29, 0.717) is 29.1 Å². The van der Waals surface area contributed by atoms with E-state index in [0.717, 1.165) is 11.1 Å². The molecule has 0 atom stereocenters. The minimum Gasteiger partial charge on any atom is -0.484 e. The first kappa shape index (κ1) is 20.3. The highest BCUT2D eigenvalue weighted by Gasteiger charge is 2.11. The third-order valence-electron chi connectivity index (χ3n) is 4.78. The highest BCUT2D eigenvalue weighted by atomic mass is 16.5. The topological polar surface area (TPSA) is 77.2 Å². The van der Waals surface area contributed by atoms with Gasteiger partial charge in [0, 0.05) is 16.8 Å². The SMILES string of the molecule is CC(C)c1ccc(OCC(=O)Nc2ccc(-c3nnc(-c4ccccc4)o3)cc2)cc1. The summed E-state index contributed by atoms with van der Waals surface area (Å²) in [5.74, 6) is 1.78. The van der Waals surface area contributed by atoms with Crippen LogP contribution in [0.2, 0.25) is 0 Å². The number of hydrogen-bond donors (Lipinski definition) is 1. The summed E-state index contributed by atoms with van der Waals surface area (Å²) in [4.78, 5) is 12.2. The second kappa shape index (κ2) is 9.26. The molecule has 6 nitrogen and oxygen atoms in total. The Morgan fingerprint density at radius 3 is 2.10 bits per heavy atom. The normalized spacial score (nSPS) is 10.8. The molecule has 4 rings (SSSR count). The van der Waals surface area contributed by atoms with Crippen LogP contribution in [0.1, 0.15) is 25.3 Å². The Kier molecular flexibility index (Phi) is 6.08. The van der Waals surface area contributed by atoms with Crippen molar-refractivity contribution in [2.45, 2.75) is 19.8 Å². The monoisotopic (exact) mass is 413 g/mol. The first-order chi connectivity index (χ1) is 15.1. The van der Waals surface area contributed by atoms with E-state index < -0.39 is 0 Å². The number of amides is 1.